The standard InChI is InChI=1S/C18H19NO4/c1-22-14-7-3-12(4-8-14)17-16(11-20)19(18(17)21)13-5-9-15(23-2)10-6-13/h3-10,16-17,20H,11H2,1-2H3/t16-,17+/m0/s1. The summed E-state index contributed by atoms with van der Waals surface area (Å²) in [5, 5.41) is 9.73. The molecule has 0 aromatic heterocycles. The van der Waals surface area contributed by atoms with Gasteiger partial charge in [0.05, 0.1) is 32.8 Å². The molecule has 23 heavy (non-hydrogen) atoms. The molecular weight excluding hydrogens is 294 g/mol. The highest BCUT2D eigenvalue weighted by Crippen LogP contribution is 2.39. The summed E-state index contributed by atoms with van der Waals surface area (Å²) in [7, 11) is 3.20. The third-order valence-corrected chi connectivity index (χ3v) is 4.23. The SMILES string of the molecule is COc1ccc([C@H]2C(=O)N(c3ccc(OC)cc3)[C@H]2CO)cc1. The maximum atomic E-state index is 12.6. The molecule has 1 heterocycles. The first-order chi connectivity index (χ1) is 11.2. The quantitative estimate of drug-likeness (QED) is 0.860. The molecule has 1 aliphatic heterocycles. The minimum absolute atomic E-state index is 0.0145. The topological polar surface area (TPSA) is 59.0 Å². The molecular formula is C18H19NO4. The molecule has 0 spiro atoms. The lowest BCUT2D eigenvalue weighted by molar-refractivity contribution is -0.127. The normalized spacial score (nSPS) is 20.1. The fourth-order valence-corrected chi connectivity index (χ4v) is 2.97. The highest BCUT2D eigenvalue weighted by Gasteiger charge is 2.48. The van der Waals surface area contributed by atoms with Gasteiger partial charge in [-0.05, 0) is 42.0 Å². The van der Waals surface area contributed by atoms with Crippen molar-refractivity contribution in [1.29, 1.82) is 0 Å². The number of hydrogen-bond donors (Lipinski definition) is 1. The van der Waals surface area contributed by atoms with E-state index < -0.39 is 0 Å². The van der Waals surface area contributed by atoms with Crippen LogP contribution >= 0.6 is 0 Å². The molecule has 1 N–H and O–H groups in total. The van der Waals surface area contributed by atoms with Crippen molar-refractivity contribution in [3.05, 3.63) is 54.1 Å². The van der Waals surface area contributed by atoms with Crippen LogP contribution in [0.15, 0.2) is 48.5 Å². The van der Waals surface area contributed by atoms with E-state index in [1.165, 1.54) is 0 Å². The fraction of sp³-hybridized carbons (Fsp3) is 0.278. The van der Waals surface area contributed by atoms with Crippen molar-refractivity contribution in [2.45, 2.75) is 12.0 Å². The van der Waals surface area contributed by atoms with Crippen LogP contribution in [0, 0.1) is 0 Å². The van der Waals surface area contributed by atoms with Gasteiger partial charge in [0, 0.05) is 5.69 Å². The maximum absolute atomic E-state index is 12.6. The van der Waals surface area contributed by atoms with Crippen molar-refractivity contribution < 1.29 is 19.4 Å². The Morgan fingerprint density at radius 1 is 0.957 bits per heavy atom. The van der Waals surface area contributed by atoms with Crippen molar-refractivity contribution >= 4 is 11.6 Å². The number of methoxy groups -OCH3 is 2. The zero-order chi connectivity index (χ0) is 16.4. The molecule has 2 atom stereocenters. The van der Waals surface area contributed by atoms with Crippen LogP contribution in [0.4, 0.5) is 5.69 Å². The number of carbonyl (C=O) groups is 1. The van der Waals surface area contributed by atoms with Gasteiger partial charge < -0.3 is 19.5 Å². The predicted molar refractivity (Wildman–Crippen MR) is 87.1 cm³/mol. The van der Waals surface area contributed by atoms with Gasteiger partial charge in [0.25, 0.3) is 0 Å². The summed E-state index contributed by atoms with van der Waals surface area (Å²) in [6.45, 7) is -0.0888. The fourth-order valence-electron chi connectivity index (χ4n) is 2.97. The summed E-state index contributed by atoms with van der Waals surface area (Å²) in [5.74, 6) is 1.13. The van der Waals surface area contributed by atoms with Crippen LogP contribution in [0.1, 0.15) is 11.5 Å². The molecule has 120 valence electrons. The van der Waals surface area contributed by atoms with Crippen molar-refractivity contribution in [3.63, 3.8) is 0 Å². The number of ether oxygens (including phenoxy) is 2. The summed E-state index contributed by atoms with van der Waals surface area (Å²) in [6, 6.07) is 14.4. The Morgan fingerprint density at radius 2 is 1.48 bits per heavy atom. The van der Waals surface area contributed by atoms with Gasteiger partial charge in [-0.15, -0.1) is 0 Å². The van der Waals surface area contributed by atoms with Gasteiger partial charge in [-0.25, -0.2) is 0 Å². The zero-order valence-electron chi connectivity index (χ0n) is 13.1. The van der Waals surface area contributed by atoms with Crippen LogP contribution in [-0.2, 0) is 4.79 Å². The van der Waals surface area contributed by atoms with E-state index in [9.17, 15) is 9.90 Å². The Balaban J connectivity index is 1.83. The molecule has 2 aromatic carbocycles. The lowest BCUT2D eigenvalue weighted by Gasteiger charge is -2.46. The molecule has 3 rings (SSSR count). The van der Waals surface area contributed by atoms with E-state index >= 15 is 0 Å². The number of β-lactam (4-membered cyclic amide) rings is 1. The molecule has 2 aromatic rings. The molecule has 0 bridgehead atoms. The molecule has 0 unspecified atom stereocenters. The van der Waals surface area contributed by atoms with E-state index in [0.29, 0.717) is 0 Å². The third-order valence-electron chi connectivity index (χ3n) is 4.23. The minimum Gasteiger partial charge on any atom is -0.497 e. The Morgan fingerprint density at radius 3 is 1.96 bits per heavy atom. The Hall–Kier alpha value is -2.53. The average molecular weight is 313 g/mol. The maximum Gasteiger partial charge on any atom is 0.237 e. The lowest BCUT2D eigenvalue weighted by Crippen LogP contribution is -2.61. The molecule has 1 saturated heterocycles. The van der Waals surface area contributed by atoms with Crippen LogP contribution in [0.3, 0.4) is 0 Å². The van der Waals surface area contributed by atoms with E-state index in [1.54, 1.807) is 31.3 Å². The summed E-state index contributed by atoms with van der Waals surface area (Å²) in [4.78, 5) is 14.2. The first-order valence-electron chi connectivity index (χ1n) is 7.41. The molecule has 0 aliphatic carbocycles. The van der Waals surface area contributed by atoms with E-state index in [2.05, 4.69) is 0 Å². The van der Waals surface area contributed by atoms with Gasteiger partial charge >= 0.3 is 0 Å². The van der Waals surface area contributed by atoms with Gasteiger partial charge in [0.1, 0.15) is 11.5 Å². The molecule has 5 heteroatoms. The van der Waals surface area contributed by atoms with Gasteiger partial charge in [-0.3, -0.25) is 4.79 Å². The van der Waals surface area contributed by atoms with Crippen molar-refractivity contribution in [1.82, 2.24) is 0 Å². The van der Waals surface area contributed by atoms with Crippen LogP contribution in [0.2, 0.25) is 0 Å². The average Bonchev–Trinajstić information content (AvgIpc) is 2.60. The number of nitrogens with zero attached hydrogens (tertiary/aromatic N) is 1. The monoisotopic (exact) mass is 313 g/mol. The molecule has 0 radical (unpaired) electrons. The van der Waals surface area contributed by atoms with Crippen molar-refractivity contribution in [3.8, 4) is 11.5 Å². The summed E-state index contributed by atoms with van der Waals surface area (Å²) < 4.78 is 10.3. The molecule has 1 aliphatic rings. The van der Waals surface area contributed by atoms with Crippen molar-refractivity contribution in [2.75, 3.05) is 25.7 Å². The largest absolute Gasteiger partial charge is 0.497 e. The van der Waals surface area contributed by atoms with Gasteiger partial charge in [-0.2, -0.15) is 0 Å². The predicted octanol–water partition coefficient (Wildman–Crippen LogP) is 2.20. The number of hydrogen-bond acceptors (Lipinski definition) is 4. The number of rotatable bonds is 5. The van der Waals surface area contributed by atoms with Crippen LogP contribution < -0.4 is 14.4 Å². The number of anilines is 1. The second-order valence-corrected chi connectivity index (χ2v) is 5.41. The Bertz CT molecular complexity index is 624. The van der Waals surface area contributed by atoms with E-state index in [0.717, 1.165) is 22.7 Å². The van der Waals surface area contributed by atoms with Crippen LogP contribution in [0.25, 0.3) is 0 Å². The third kappa shape index (κ3) is 2.64. The van der Waals surface area contributed by atoms with Crippen LogP contribution in [0.5, 0.6) is 11.5 Å². The second kappa shape index (κ2) is 6.30. The zero-order valence-corrected chi connectivity index (χ0v) is 13.1. The molecule has 0 saturated carbocycles. The Kier molecular flexibility index (Phi) is 4.21. The van der Waals surface area contributed by atoms with E-state index in [4.69, 9.17) is 9.47 Å². The minimum atomic E-state index is -0.326. The smallest absolute Gasteiger partial charge is 0.237 e. The molecule has 1 fully saturated rings. The number of carbonyl (C=O) groups excluding carboxylic acids is 1. The van der Waals surface area contributed by atoms with Gasteiger partial charge in [-0.1, -0.05) is 12.1 Å². The van der Waals surface area contributed by atoms with Crippen LogP contribution in [-0.4, -0.2) is 37.9 Å². The molecule has 1 amide bonds. The highest BCUT2D eigenvalue weighted by molar-refractivity contribution is 6.06. The first kappa shape index (κ1) is 15.4. The first-order valence-corrected chi connectivity index (χ1v) is 7.41. The van der Waals surface area contributed by atoms with E-state index in [-0.39, 0.29) is 24.5 Å². The summed E-state index contributed by atoms with van der Waals surface area (Å²) in [5.41, 5.74) is 1.65. The lowest BCUT2D eigenvalue weighted by atomic mass is 9.81. The van der Waals surface area contributed by atoms with Gasteiger partial charge in [0.15, 0.2) is 0 Å². The summed E-state index contributed by atoms with van der Waals surface area (Å²) in [6.07, 6.45) is 0. The summed E-state index contributed by atoms with van der Waals surface area (Å²) >= 11 is 0. The number of amides is 1. The number of aliphatic hydroxyl groups is 1. The van der Waals surface area contributed by atoms with Crippen molar-refractivity contribution in [2.24, 2.45) is 0 Å². The number of benzene rings is 2. The van der Waals surface area contributed by atoms with E-state index in [1.807, 2.05) is 36.4 Å². The Labute approximate surface area is 135 Å². The second-order valence-electron chi connectivity index (χ2n) is 5.41. The van der Waals surface area contributed by atoms with Gasteiger partial charge in [0.2, 0.25) is 5.91 Å². The number of aliphatic hydroxyl groups excluding tert-OH is 1. The highest BCUT2D eigenvalue weighted by atomic mass is 16.5. The molecule has 5 nitrogen and oxygen atoms in total.